The summed E-state index contributed by atoms with van der Waals surface area (Å²) in [5, 5.41) is 15.3. The highest BCUT2D eigenvalue weighted by Gasteiger charge is 2.21. The van der Waals surface area contributed by atoms with E-state index in [9.17, 15) is 0 Å². The standard InChI is InChI=1S/C9H14N6S/c1-4-10-8(7-5-11-13-15(7)3)9-6(2)12-14-16-9/h5,8,10H,4H2,1-3H3. The van der Waals surface area contributed by atoms with Crippen LogP contribution in [-0.2, 0) is 7.05 Å². The monoisotopic (exact) mass is 238 g/mol. The van der Waals surface area contributed by atoms with Crippen molar-refractivity contribution in [2.24, 2.45) is 7.05 Å². The fourth-order valence-corrected chi connectivity index (χ4v) is 2.33. The molecule has 0 aliphatic heterocycles. The second kappa shape index (κ2) is 4.67. The van der Waals surface area contributed by atoms with Crippen molar-refractivity contribution in [3.05, 3.63) is 22.5 Å². The Morgan fingerprint density at radius 2 is 2.38 bits per heavy atom. The van der Waals surface area contributed by atoms with Gasteiger partial charge in [-0.3, -0.25) is 4.68 Å². The number of nitrogens with zero attached hydrogens (tertiary/aromatic N) is 5. The molecule has 86 valence electrons. The van der Waals surface area contributed by atoms with Crippen molar-refractivity contribution >= 4 is 11.5 Å². The van der Waals surface area contributed by atoms with Crippen molar-refractivity contribution < 1.29 is 0 Å². The van der Waals surface area contributed by atoms with E-state index in [2.05, 4.69) is 32.1 Å². The van der Waals surface area contributed by atoms with Gasteiger partial charge in [-0.25, -0.2) is 0 Å². The summed E-state index contributed by atoms with van der Waals surface area (Å²) >= 11 is 1.41. The van der Waals surface area contributed by atoms with Crippen molar-refractivity contribution in [2.75, 3.05) is 6.54 Å². The van der Waals surface area contributed by atoms with Crippen LogP contribution in [0, 0.1) is 6.92 Å². The van der Waals surface area contributed by atoms with Crippen LogP contribution in [0.5, 0.6) is 0 Å². The normalized spacial score (nSPS) is 12.9. The molecule has 0 aliphatic rings. The van der Waals surface area contributed by atoms with Gasteiger partial charge in [-0.15, -0.1) is 10.2 Å². The van der Waals surface area contributed by atoms with Crippen molar-refractivity contribution in [1.29, 1.82) is 0 Å². The van der Waals surface area contributed by atoms with Crippen molar-refractivity contribution in [3.63, 3.8) is 0 Å². The van der Waals surface area contributed by atoms with E-state index in [4.69, 9.17) is 0 Å². The molecular weight excluding hydrogens is 224 g/mol. The maximum absolute atomic E-state index is 4.04. The molecule has 0 amide bonds. The maximum atomic E-state index is 4.04. The van der Waals surface area contributed by atoms with Gasteiger partial charge in [0.15, 0.2) is 0 Å². The van der Waals surface area contributed by atoms with E-state index in [-0.39, 0.29) is 6.04 Å². The van der Waals surface area contributed by atoms with E-state index in [0.717, 1.165) is 22.8 Å². The van der Waals surface area contributed by atoms with Gasteiger partial charge in [0.2, 0.25) is 0 Å². The molecule has 0 saturated heterocycles. The molecule has 0 fully saturated rings. The summed E-state index contributed by atoms with van der Waals surface area (Å²) in [5.74, 6) is 0. The topological polar surface area (TPSA) is 68.5 Å². The highest BCUT2D eigenvalue weighted by molar-refractivity contribution is 7.05. The minimum absolute atomic E-state index is 0.0741. The van der Waals surface area contributed by atoms with Crippen LogP contribution >= 0.6 is 11.5 Å². The van der Waals surface area contributed by atoms with Gasteiger partial charge in [-0.2, -0.15) is 0 Å². The summed E-state index contributed by atoms with van der Waals surface area (Å²) in [6, 6.07) is 0.0741. The van der Waals surface area contributed by atoms with Gasteiger partial charge < -0.3 is 5.32 Å². The Morgan fingerprint density at radius 1 is 1.56 bits per heavy atom. The third kappa shape index (κ3) is 1.96. The van der Waals surface area contributed by atoms with Crippen LogP contribution in [0.3, 0.4) is 0 Å². The van der Waals surface area contributed by atoms with E-state index in [1.54, 1.807) is 10.9 Å². The minimum Gasteiger partial charge on any atom is -0.304 e. The molecule has 0 aliphatic carbocycles. The predicted octanol–water partition coefficient (Wildman–Crippen LogP) is 0.674. The summed E-state index contributed by atoms with van der Waals surface area (Å²) < 4.78 is 5.74. The smallest absolute Gasteiger partial charge is 0.0893 e. The van der Waals surface area contributed by atoms with Crippen LogP contribution in [0.1, 0.15) is 29.2 Å². The first-order valence-corrected chi connectivity index (χ1v) is 5.88. The molecule has 6 nitrogen and oxygen atoms in total. The molecule has 2 aromatic rings. The second-order valence-electron chi connectivity index (χ2n) is 3.50. The molecule has 0 spiro atoms. The summed E-state index contributed by atoms with van der Waals surface area (Å²) in [6.45, 7) is 4.90. The molecule has 0 radical (unpaired) electrons. The summed E-state index contributed by atoms with van der Waals surface area (Å²) in [7, 11) is 1.89. The second-order valence-corrected chi connectivity index (χ2v) is 4.28. The molecule has 16 heavy (non-hydrogen) atoms. The van der Waals surface area contributed by atoms with Gasteiger partial charge >= 0.3 is 0 Å². The lowest BCUT2D eigenvalue weighted by atomic mass is 10.1. The Hall–Kier alpha value is -1.34. The third-order valence-electron chi connectivity index (χ3n) is 2.40. The average molecular weight is 238 g/mol. The molecule has 0 aromatic carbocycles. The number of rotatable bonds is 4. The molecule has 2 heterocycles. The minimum atomic E-state index is 0.0741. The first kappa shape index (κ1) is 11.2. The number of hydrogen-bond donors (Lipinski definition) is 1. The van der Waals surface area contributed by atoms with E-state index in [1.165, 1.54) is 11.5 Å². The zero-order valence-electron chi connectivity index (χ0n) is 9.51. The van der Waals surface area contributed by atoms with Crippen molar-refractivity contribution in [3.8, 4) is 0 Å². The molecule has 0 bridgehead atoms. The van der Waals surface area contributed by atoms with E-state index in [0.29, 0.717) is 0 Å². The predicted molar refractivity (Wildman–Crippen MR) is 61.2 cm³/mol. The zero-order valence-corrected chi connectivity index (χ0v) is 10.3. The van der Waals surface area contributed by atoms with Gasteiger partial charge in [0.1, 0.15) is 0 Å². The van der Waals surface area contributed by atoms with Crippen LogP contribution in [0.25, 0.3) is 0 Å². The molecule has 1 N–H and O–H groups in total. The summed E-state index contributed by atoms with van der Waals surface area (Å²) in [6.07, 6.45) is 1.77. The molecule has 1 unspecified atom stereocenters. The number of aryl methyl sites for hydroxylation is 2. The van der Waals surface area contributed by atoms with E-state index >= 15 is 0 Å². The van der Waals surface area contributed by atoms with Gasteiger partial charge in [0.05, 0.1) is 28.5 Å². The molecule has 2 rings (SSSR count). The molecule has 0 saturated carbocycles. The van der Waals surface area contributed by atoms with Crippen molar-refractivity contribution in [2.45, 2.75) is 19.9 Å². The van der Waals surface area contributed by atoms with Gasteiger partial charge in [0.25, 0.3) is 0 Å². The van der Waals surface area contributed by atoms with Crippen LogP contribution in [0.15, 0.2) is 6.20 Å². The molecule has 7 heteroatoms. The lowest BCUT2D eigenvalue weighted by Gasteiger charge is -2.15. The fourth-order valence-electron chi connectivity index (χ4n) is 1.60. The number of hydrogen-bond acceptors (Lipinski definition) is 6. The van der Waals surface area contributed by atoms with Crippen LogP contribution in [0.4, 0.5) is 0 Å². The van der Waals surface area contributed by atoms with Gasteiger partial charge in [-0.1, -0.05) is 16.6 Å². The van der Waals surface area contributed by atoms with Crippen molar-refractivity contribution in [1.82, 2.24) is 29.9 Å². The Kier molecular flexibility index (Phi) is 3.25. The van der Waals surface area contributed by atoms with Crippen LogP contribution in [-0.4, -0.2) is 31.1 Å². The highest BCUT2D eigenvalue weighted by atomic mass is 32.1. The SMILES string of the molecule is CCNC(c1snnc1C)c1cnnn1C. The largest absolute Gasteiger partial charge is 0.304 e. The first-order chi connectivity index (χ1) is 7.74. The Morgan fingerprint density at radius 3 is 2.88 bits per heavy atom. The van der Waals surface area contributed by atoms with E-state index in [1.807, 2.05) is 14.0 Å². The first-order valence-electron chi connectivity index (χ1n) is 5.10. The fraction of sp³-hybridized carbons (Fsp3) is 0.556. The Bertz CT molecular complexity index is 422. The van der Waals surface area contributed by atoms with Gasteiger partial charge in [-0.05, 0) is 25.0 Å². The van der Waals surface area contributed by atoms with E-state index < -0.39 is 0 Å². The summed E-state index contributed by atoms with van der Waals surface area (Å²) in [5.41, 5.74) is 1.98. The lowest BCUT2D eigenvalue weighted by molar-refractivity contribution is 0.572. The summed E-state index contributed by atoms with van der Waals surface area (Å²) in [4.78, 5) is 1.12. The quantitative estimate of drug-likeness (QED) is 0.848. The molecule has 1 atom stereocenters. The number of aromatic nitrogens is 5. The van der Waals surface area contributed by atoms with Gasteiger partial charge in [0, 0.05) is 7.05 Å². The third-order valence-corrected chi connectivity index (χ3v) is 3.29. The highest BCUT2D eigenvalue weighted by Crippen LogP contribution is 2.25. The molecule has 2 aromatic heterocycles. The Balaban J connectivity index is 2.39. The zero-order chi connectivity index (χ0) is 11.5. The van der Waals surface area contributed by atoms with Crippen LogP contribution in [0.2, 0.25) is 0 Å². The Labute approximate surface area is 97.8 Å². The van der Waals surface area contributed by atoms with Crippen LogP contribution < -0.4 is 5.32 Å². The number of nitrogens with one attached hydrogen (secondary N) is 1. The molecular formula is C9H14N6S. The average Bonchev–Trinajstić information content (AvgIpc) is 2.84. The lowest BCUT2D eigenvalue weighted by Crippen LogP contribution is -2.24. The maximum Gasteiger partial charge on any atom is 0.0893 e.